The van der Waals surface area contributed by atoms with Gasteiger partial charge in [-0.25, -0.2) is 4.98 Å². The first kappa shape index (κ1) is 23.6. The van der Waals surface area contributed by atoms with Gasteiger partial charge in [-0.3, -0.25) is 9.55 Å². The van der Waals surface area contributed by atoms with Gasteiger partial charge in [0, 0.05) is 18.1 Å². The third kappa shape index (κ3) is 4.43. The highest BCUT2D eigenvalue weighted by Crippen LogP contribution is 2.43. The number of pyridine rings is 1. The van der Waals surface area contributed by atoms with Crippen molar-refractivity contribution in [3.63, 3.8) is 0 Å². The molecular formula is C31H23N5OS2. The average molecular weight is 546 g/mol. The minimum atomic E-state index is -0.157. The number of aromatic nitrogens is 3. The van der Waals surface area contributed by atoms with E-state index in [2.05, 4.69) is 39.2 Å². The van der Waals surface area contributed by atoms with Crippen LogP contribution in [0.4, 0.5) is 5.69 Å². The van der Waals surface area contributed by atoms with Gasteiger partial charge in [-0.15, -0.1) is 0 Å². The molecule has 8 heteroatoms. The zero-order valence-corrected chi connectivity index (χ0v) is 22.3. The maximum Gasteiger partial charge on any atom is 0.194 e. The van der Waals surface area contributed by atoms with Gasteiger partial charge in [0.1, 0.15) is 17.5 Å². The molecule has 0 spiro atoms. The molecule has 39 heavy (non-hydrogen) atoms. The fraction of sp³-hybridized carbons (Fsp3) is 0.0645. The molecule has 1 fully saturated rings. The van der Waals surface area contributed by atoms with Gasteiger partial charge in [0.2, 0.25) is 0 Å². The van der Waals surface area contributed by atoms with Crippen LogP contribution < -0.4 is 15.0 Å². The van der Waals surface area contributed by atoms with Crippen molar-refractivity contribution in [1.29, 1.82) is 0 Å². The highest BCUT2D eigenvalue weighted by Gasteiger charge is 2.42. The van der Waals surface area contributed by atoms with E-state index < -0.39 is 0 Å². The highest BCUT2D eigenvalue weighted by atomic mass is 32.1. The monoisotopic (exact) mass is 545 g/mol. The van der Waals surface area contributed by atoms with E-state index in [-0.39, 0.29) is 12.1 Å². The first-order chi connectivity index (χ1) is 19.2. The molecule has 3 aromatic heterocycles. The van der Waals surface area contributed by atoms with Crippen molar-refractivity contribution in [2.45, 2.75) is 12.1 Å². The predicted molar refractivity (Wildman–Crippen MR) is 160 cm³/mol. The van der Waals surface area contributed by atoms with Gasteiger partial charge in [0.15, 0.2) is 10.2 Å². The summed E-state index contributed by atoms with van der Waals surface area (Å²) < 4.78 is 9.35. The molecule has 4 heterocycles. The Morgan fingerprint density at radius 1 is 0.795 bits per heavy atom. The number of hydrogen-bond acceptors (Lipinski definition) is 5. The molecular weight excluding hydrogens is 523 g/mol. The van der Waals surface area contributed by atoms with Crippen LogP contribution in [0.2, 0.25) is 0 Å². The first-order valence-corrected chi connectivity index (χ1v) is 13.8. The Balaban J connectivity index is 1.30. The van der Waals surface area contributed by atoms with Gasteiger partial charge in [-0.05, 0) is 85.0 Å². The van der Waals surface area contributed by atoms with Crippen LogP contribution in [-0.2, 0) is 0 Å². The molecule has 0 unspecified atom stereocenters. The third-order valence-electron chi connectivity index (χ3n) is 6.76. The van der Waals surface area contributed by atoms with E-state index in [1.165, 1.54) is 0 Å². The second-order valence-corrected chi connectivity index (χ2v) is 10.6. The Labute approximate surface area is 235 Å². The van der Waals surface area contributed by atoms with Crippen LogP contribution in [0.3, 0.4) is 0 Å². The molecule has 6 aromatic rings. The zero-order chi connectivity index (χ0) is 26.2. The third-order valence-corrected chi connectivity index (χ3v) is 8.11. The van der Waals surface area contributed by atoms with E-state index in [4.69, 9.17) is 26.9 Å². The van der Waals surface area contributed by atoms with E-state index in [0.717, 1.165) is 43.9 Å². The van der Waals surface area contributed by atoms with Crippen LogP contribution in [0.25, 0.3) is 15.3 Å². The van der Waals surface area contributed by atoms with E-state index in [1.807, 2.05) is 97.2 Å². The molecule has 1 saturated heterocycles. The van der Waals surface area contributed by atoms with E-state index >= 15 is 0 Å². The minimum Gasteiger partial charge on any atom is -0.457 e. The summed E-state index contributed by atoms with van der Waals surface area (Å²) in [5, 5.41) is 5.11. The molecule has 0 bridgehead atoms. The summed E-state index contributed by atoms with van der Waals surface area (Å²) >= 11 is 7.61. The molecule has 0 amide bonds. The first-order valence-electron chi connectivity index (χ1n) is 12.6. The van der Waals surface area contributed by atoms with Crippen molar-refractivity contribution in [3.05, 3.63) is 133 Å². The summed E-state index contributed by atoms with van der Waals surface area (Å²) in [5.41, 5.74) is 3.95. The molecule has 0 radical (unpaired) electrons. The molecule has 6 nitrogen and oxygen atoms in total. The molecule has 1 aliphatic heterocycles. The van der Waals surface area contributed by atoms with Crippen LogP contribution in [0.5, 0.6) is 11.5 Å². The van der Waals surface area contributed by atoms with E-state index in [9.17, 15) is 0 Å². The molecule has 1 aliphatic rings. The van der Waals surface area contributed by atoms with Crippen LogP contribution >= 0.6 is 23.6 Å². The van der Waals surface area contributed by atoms with E-state index in [1.54, 1.807) is 11.3 Å². The number of thiazole rings is 1. The number of ether oxygens (including phenoxy) is 1. The SMILES string of the molecule is S=C1N[C@@H](c2ccccn2)[C@H](c2cccn2-c2nc3ccccc3s2)N1c1ccc(Oc2ccccc2)cc1. The zero-order valence-electron chi connectivity index (χ0n) is 20.7. The number of thiocarbonyl (C=S) groups is 1. The minimum absolute atomic E-state index is 0.151. The molecule has 2 atom stereocenters. The average Bonchev–Trinajstić information content (AvgIpc) is 3.71. The lowest BCUT2D eigenvalue weighted by Gasteiger charge is -2.28. The van der Waals surface area contributed by atoms with Crippen LogP contribution in [0.15, 0.2) is 122 Å². The predicted octanol–water partition coefficient (Wildman–Crippen LogP) is 7.45. The Bertz CT molecular complexity index is 1720. The lowest BCUT2D eigenvalue weighted by Crippen LogP contribution is -2.30. The number of nitrogens with zero attached hydrogens (tertiary/aromatic N) is 4. The van der Waals surface area contributed by atoms with Crippen LogP contribution in [0.1, 0.15) is 23.5 Å². The second-order valence-electron chi connectivity index (χ2n) is 9.17. The van der Waals surface area contributed by atoms with Crippen molar-refractivity contribution in [2.75, 3.05) is 4.90 Å². The fourth-order valence-corrected chi connectivity index (χ4v) is 6.32. The Morgan fingerprint density at radius 3 is 2.36 bits per heavy atom. The lowest BCUT2D eigenvalue weighted by atomic mass is 10.0. The summed E-state index contributed by atoms with van der Waals surface area (Å²) in [5.74, 6) is 1.56. The molecule has 0 saturated carbocycles. The molecule has 7 rings (SSSR count). The highest BCUT2D eigenvalue weighted by molar-refractivity contribution is 7.80. The number of anilines is 1. The van der Waals surface area contributed by atoms with Gasteiger partial charge < -0.3 is 15.0 Å². The van der Waals surface area contributed by atoms with Crippen molar-refractivity contribution in [2.24, 2.45) is 0 Å². The molecule has 1 N–H and O–H groups in total. The topological polar surface area (TPSA) is 55.2 Å². The van der Waals surface area contributed by atoms with Crippen molar-refractivity contribution >= 4 is 44.6 Å². The van der Waals surface area contributed by atoms with Crippen LogP contribution in [0, 0.1) is 0 Å². The molecule has 0 aliphatic carbocycles. The number of hydrogen-bond donors (Lipinski definition) is 1. The number of nitrogens with one attached hydrogen (secondary N) is 1. The second kappa shape index (κ2) is 9.98. The number of benzene rings is 3. The standard InChI is InChI=1S/C31H23N5OS2/c38-30-34-28(25-12-6-7-19-32-25)29(26-13-8-20-35(26)31-33-24-11-4-5-14-27(24)39-31)36(30)21-15-17-23(18-16-21)37-22-9-2-1-3-10-22/h1-20,28-29H,(H,34,38)/t28-,29-/m0/s1. The number of para-hydroxylation sites is 2. The van der Waals surface area contributed by atoms with E-state index in [0.29, 0.717) is 5.11 Å². The Morgan fingerprint density at radius 2 is 1.56 bits per heavy atom. The summed E-state index contributed by atoms with van der Waals surface area (Å²) in [6.07, 6.45) is 3.89. The maximum absolute atomic E-state index is 6.03. The van der Waals surface area contributed by atoms with Gasteiger partial charge in [0.25, 0.3) is 0 Å². The smallest absolute Gasteiger partial charge is 0.194 e. The van der Waals surface area contributed by atoms with Gasteiger partial charge >= 0.3 is 0 Å². The largest absolute Gasteiger partial charge is 0.457 e. The number of rotatable bonds is 6. The Hall–Kier alpha value is -4.53. The normalized spacial score (nSPS) is 16.9. The van der Waals surface area contributed by atoms with Gasteiger partial charge in [-0.1, -0.05) is 47.7 Å². The van der Waals surface area contributed by atoms with Crippen LogP contribution in [-0.4, -0.2) is 19.6 Å². The molecule has 3 aromatic carbocycles. The summed E-state index contributed by atoms with van der Waals surface area (Å²) in [6.45, 7) is 0. The number of fused-ring (bicyclic) bond motifs is 1. The lowest BCUT2D eigenvalue weighted by molar-refractivity contribution is 0.482. The van der Waals surface area contributed by atoms with Gasteiger partial charge in [-0.2, -0.15) is 0 Å². The van der Waals surface area contributed by atoms with Crippen molar-refractivity contribution < 1.29 is 4.74 Å². The molecule has 190 valence electrons. The summed E-state index contributed by atoms with van der Waals surface area (Å²) in [4.78, 5) is 11.8. The fourth-order valence-electron chi connectivity index (χ4n) is 5.01. The quantitative estimate of drug-likeness (QED) is 0.219. The maximum atomic E-state index is 6.03. The van der Waals surface area contributed by atoms with Crippen molar-refractivity contribution in [3.8, 4) is 16.6 Å². The summed E-state index contributed by atoms with van der Waals surface area (Å²) in [7, 11) is 0. The Kier molecular flexibility index (Phi) is 6.03. The van der Waals surface area contributed by atoms with Crippen molar-refractivity contribution in [1.82, 2.24) is 19.9 Å². The van der Waals surface area contributed by atoms with Gasteiger partial charge in [0.05, 0.1) is 27.6 Å². The summed E-state index contributed by atoms with van der Waals surface area (Å²) in [6, 6.07) is 35.9.